The summed E-state index contributed by atoms with van der Waals surface area (Å²) in [5.41, 5.74) is 1.41. The van der Waals surface area contributed by atoms with Gasteiger partial charge in [0.2, 0.25) is 0 Å². The van der Waals surface area contributed by atoms with Crippen LogP contribution in [-0.4, -0.2) is 31.5 Å². The second-order valence-corrected chi connectivity index (χ2v) is 6.43. The molecule has 1 aliphatic heterocycles. The predicted octanol–water partition coefficient (Wildman–Crippen LogP) is 2.74. The number of ether oxygens (including phenoxy) is 2. The monoisotopic (exact) mass is 293 g/mol. The molecular weight excluding hydrogens is 266 g/mol. The second kappa shape index (κ2) is 7.66. The van der Waals surface area contributed by atoms with E-state index in [-0.39, 0.29) is 12.0 Å². The van der Waals surface area contributed by atoms with Gasteiger partial charge in [-0.1, -0.05) is 19.9 Å². The van der Waals surface area contributed by atoms with Crippen LogP contribution in [0.1, 0.15) is 38.7 Å². The van der Waals surface area contributed by atoms with Crippen molar-refractivity contribution in [2.24, 2.45) is 5.41 Å². The maximum absolute atomic E-state index is 8.92. The Morgan fingerprint density at radius 3 is 2.71 bits per heavy atom. The molecule has 21 heavy (non-hydrogen) atoms. The van der Waals surface area contributed by atoms with E-state index in [2.05, 4.69) is 31.3 Å². The van der Waals surface area contributed by atoms with Crippen LogP contribution in [0.3, 0.4) is 0 Å². The van der Waals surface area contributed by atoms with Gasteiger partial charge in [-0.3, -0.25) is 0 Å². The van der Waals surface area contributed by atoms with E-state index < -0.39 is 0 Å². The molecule has 2 rings (SSSR count). The molecule has 0 fully saturated rings. The highest BCUT2D eigenvalue weighted by molar-refractivity contribution is 5.43. The lowest BCUT2D eigenvalue weighted by atomic mass is 9.88. The number of fused-ring (bicyclic) bond motifs is 1. The number of hydrogen-bond donors (Lipinski definition) is 2. The molecule has 0 atom stereocenters. The van der Waals surface area contributed by atoms with Crippen molar-refractivity contribution in [1.29, 1.82) is 0 Å². The van der Waals surface area contributed by atoms with Gasteiger partial charge in [0, 0.05) is 26.1 Å². The lowest BCUT2D eigenvalue weighted by Gasteiger charge is -2.24. The normalized spacial score (nSPS) is 14.8. The fourth-order valence-electron chi connectivity index (χ4n) is 2.51. The largest absolute Gasteiger partial charge is 0.490 e. The summed E-state index contributed by atoms with van der Waals surface area (Å²) in [4.78, 5) is 0. The number of hydrogen-bond acceptors (Lipinski definition) is 4. The van der Waals surface area contributed by atoms with Crippen LogP contribution in [0.15, 0.2) is 18.2 Å². The zero-order valence-electron chi connectivity index (χ0n) is 13.2. The van der Waals surface area contributed by atoms with Gasteiger partial charge in [0.1, 0.15) is 0 Å². The predicted molar refractivity (Wildman–Crippen MR) is 83.9 cm³/mol. The fraction of sp³-hybridized carbons (Fsp3) is 0.647. The molecule has 1 aliphatic rings. The average molecular weight is 293 g/mol. The molecule has 0 bridgehead atoms. The van der Waals surface area contributed by atoms with Crippen molar-refractivity contribution in [1.82, 2.24) is 5.32 Å². The Morgan fingerprint density at radius 2 is 1.95 bits per heavy atom. The highest BCUT2D eigenvalue weighted by atomic mass is 16.5. The first-order valence-electron chi connectivity index (χ1n) is 7.81. The van der Waals surface area contributed by atoms with Gasteiger partial charge < -0.3 is 19.9 Å². The zero-order valence-corrected chi connectivity index (χ0v) is 13.2. The molecule has 2 N–H and O–H groups in total. The third-order valence-corrected chi connectivity index (χ3v) is 3.76. The number of benzene rings is 1. The van der Waals surface area contributed by atoms with Crippen LogP contribution in [0.2, 0.25) is 0 Å². The molecule has 1 heterocycles. The van der Waals surface area contributed by atoms with Crippen molar-refractivity contribution in [2.45, 2.75) is 39.7 Å². The number of aliphatic hydroxyl groups is 1. The minimum atomic E-state index is 0.202. The molecule has 0 amide bonds. The first-order chi connectivity index (χ1) is 10.1. The van der Waals surface area contributed by atoms with Crippen molar-refractivity contribution in [3.05, 3.63) is 23.8 Å². The summed E-state index contributed by atoms with van der Waals surface area (Å²) in [6, 6.07) is 6.14. The van der Waals surface area contributed by atoms with Crippen LogP contribution in [0.5, 0.6) is 11.5 Å². The summed E-state index contributed by atoms with van der Waals surface area (Å²) in [6.07, 6.45) is 2.82. The van der Waals surface area contributed by atoms with Crippen molar-refractivity contribution in [3.8, 4) is 11.5 Å². The SMILES string of the molecule is CC(C)(CCCO)CNCc1ccc2c(c1)OCCCO2. The number of nitrogens with one attached hydrogen (secondary N) is 1. The van der Waals surface area contributed by atoms with E-state index in [9.17, 15) is 0 Å². The maximum atomic E-state index is 8.92. The summed E-state index contributed by atoms with van der Waals surface area (Å²) in [6.45, 7) is 7.92. The third-order valence-electron chi connectivity index (χ3n) is 3.76. The summed E-state index contributed by atoms with van der Waals surface area (Å²) in [7, 11) is 0. The molecule has 0 spiro atoms. The topological polar surface area (TPSA) is 50.7 Å². The van der Waals surface area contributed by atoms with Gasteiger partial charge in [0.25, 0.3) is 0 Å². The smallest absolute Gasteiger partial charge is 0.161 e. The maximum Gasteiger partial charge on any atom is 0.161 e. The van der Waals surface area contributed by atoms with Crippen LogP contribution in [0.4, 0.5) is 0 Å². The van der Waals surface area contributed by atoms with Gasteiger partial charge in [-0.2, -0.15) is 0 Å². The lowest BCUT2D eigenvalue weighted by Crippen LogP contribution is -2.29. The molecular formula is C17H27NO3. The van der Waals surface area contributed by atoms with Gasteiger partial charge in [-0.25, -0.2) is 0 Å². The Hall–Kier alpha value is -1.26. The molecule has 4 heteroatoms. The number of aliphatic hydroxyl groups excluding tert-OH is 1. The zero-order chi connectivity index (χ0) is 15.1. The average Bonchev–Trinajstić information content (AvgIpc) is 2.70. The fourth-order valence-corrected chi connectivity index (χ4v) is 2.51. The molecule has 0 aliphatic carbocycles. The Kier molecular flexibility index (Phi) is 5.88. The molecule has 0 aromatic heterocycles. The minimum absolute atomic E-state index is 0.202. The molecule has 0 unspecified atom stereocenters. The van der Waals surface area contributed by atoms with Gasteiger partial charge >= 0.3 is 0 Å². The van der Waals surface area contributed by atoms with E-state index in [0.29, 0.717) is 0 Å². The Labute approximate surface area is 127 Å². The standard InChI is InChI=1S/C17H27NO3/c1-17(2,7-3-8-19)13-18-12-14-5-6-15-16(11-14)21-10-4-9-20-15/h5-6,11,18-19H,3-4,7-10,12-13H2,1-2H3. The van der Waals surface area contributed by atoms with Crippen molar-refractivity contribution < 1.29 is 14.6 Å². The molecule has 4 nitrogen and oxygen atoms in total. The van der Waals surface area contributed by atoms with Crippen LogP contribution in [-0.2, 0) is 6.54 Å². The third kappa shape index (κ3) is 5.21. The Balaban J connectivity index is 1.85. The summed E-state index contributed by atoms with van der Waals surface area (Å²) < 4.78 is 11.3. The molecule has 0 saturated heterocycles. The number of rotatable bonds is 7. The van der Waals surface area contributed by atoms with E-state index in [1.165, 1.54) is 5.56 Å². The highest BCUT2D eigenvalue weighted by Gasteiger charge is 2.17. The summed E-state index contributed by atoms with van der Waals surface area (Å²) in [5, 5.41) is 12.4. The summed E-state index contributed by atoms with van der Waals surface area (Å²) >= 11 is 0. The lowest BCUT2D eigenvalue weighted by molar-refractivity contribution is 0.236. The molecule has 1 aromatic carbocycles. The highest BCUT2D eigenvalue weighted by Crippen LogP contribution is 2.30. The van der Waals surface area contributed by atoms with Crippen molar-refractivity contribution in [3.63, 3.8) is 0 Å². The van der Waals surface area contributed by atoms with Crippen LogP contribution < -0.4 is 14.8 Å². The first-order valence-corrected chi connectivity index (χ1v) is 7.81. The minimum Gasteiger partial charge on any atom is -0.490 e. The van der Waals surface area contributed by atoms with Crippen LogP contribution in [0, 0.1) is 5.41 Å². The summed E-state index contributed by atoms with van der Waals surface area (Å²) in [5.74, 6) is 1.70. The van der Waals surface area contributed by atoms with E-state index in [0.717, 1.165) is 57.1 Å². The van der Waals surface area contributed by atoms with Gasteiger partial charge in [-0.05, 0) is 36.0 Å². The van der Waals surface area contributed by atoms with Crippen LogP contribution >= 0.6 is 0 Å². The van der Waals surface area contributed by atoms with E-state index >= 15 is 0 Å². The second-order valence-electron chi connectivity index (χ2n) is 6.43. The first kappa shape index (κ1) is 16.1. The molecule has 1 aromatic rings. The molecule has 0 saturated carbocycles. The quantitative estimate of drug-likeness (QED) is 0.811. The van der Waals surface area contributed by atoms with Crippen molar-refractivity contribution in [2.75, 3.05) is 26.4 Å². The Bertz CT molecular complexity index is 446. The van der Waals surface area contributed by atoms with Crippen LogP contribution in [0.25, 0.3) is 0 Å². The molecule has 0 radical (unpaired) electrons. The van der Waals surface area contributed by atoms with E-state index in [4.69, 9.17) is 14.6 Å². The van der Waals surface area contributed by atoms with Gasteiger partial charge in [-0.15, -0.1) is 0 Å². The van der Waals surface area contributed by atoms with Gasteiger partial charge in [0.05, 0.1) is 13.2 Å². The Morgan fingerprint density at radius 1 is 1.19 bits per heavy atom. The molecule has 118 valence electrons. The van der Waals surface area contributed by atoms with E-state index in [1.807, 2.05) is 6.07 Å². The van der Waals surface area contributed by atoms with Gasteiger partial charge in [0.15, 0.2) is 11.5 Å². The van der Waals surface area contributed by atoms with E-state index in [1.54, 1.807) is 0 Å². The van der Waals surface area contributed by atoms with Crippen molar-refractivity contribution >= 4 is 0 Å².